The van der Waals surface area contributed by atoms with E-state index in [1.54, 1.807) is 0 Å². The predicted molar refractivity (Wildman–Crippen MR) is 41.3 cm³/mol. The molecule has 0 aliphatic carbocycles. The fraction of sp³-hybridized carbons (Fsp3) is 1.00. The summed E-state index contributed by atoms with van der Waals surface area (Å²) in [5, 5.41) is 0. The van der Waals surface area contributed by atoms with E-state index in [0.29, 0.717) is 0 Å². The molecule has 0 rings (SSSR count). The van der Waals surface area contributed by atoms with E-state index in [1.165, 1.54) is 0 Å². The molecule has 48 valence electrons. The van der Waals surface area contributed by atoms with E-state index < -0.39 is 0 Å². The van der Waals surface area contributed by atoms with Crippen LogP contribution in [0.2, 0.25) is 0 Å². The third-order valence-electron chi connectivity index (χ3n) is 0. The Bertz CT molecular complexity index is 12.8. The quantitative estimate of drug-likeness (QED) is 0.535. The second kappa shape index (κ2) is 16.1. The van der Waals surface area contributed by atoms with E-state index in [1.807, 2.05) is 39.9 Å². The molecule has 7 heavy (non-hydrogen) atoms. The lowest BCUT2D eigenvalue weighted by atomic mass is 11.0. The molecule has 0 aromatic rings. The van der Waals surface area contributed by atoms with E-state index in [9.17, 15) is 0 Å². The first-order valence-electron chi connectivity index (χ1n) is 2.34. The summed E-state index contributed by atoms with van der Waals surface area (Å²) in [6.45, 7) is 4.00. The van der Waals surface area contributed by atoms with Crippen molar-refractivity contribution in [2.24, 2.45) is 0 Å². The van der Waals surface area contributed by atoms with Crippen molar-refractivity contribution in [1.82, 2.24) is 4.90 Å². The average Bonchev–Trinajstić information content (AvgIpc) is 1.41. The maximum absolute atomic E-state index is 2.00. The van der Waals surface area contributed by atoms with Crippen LogP contribution in [0.25, 0.3) is 0 Å². The molecule has 0 fully saturated rings. The van der Waals surface area contributed by atoms with Crippen molar-refractivity contribution in [3.8, 4) is 0 Å². The fourth-order valence-corrected chi connectivity index (χ4v) is 0. The van der Waals surface area contributed by atoms with Crippen LogP contribution in [0.1, 0.15) is 13.8 Å². The van der Waals surface area contributed by atoms with Gasteiger partial charge in [0.1, 0.15) is 0 Å². The monoisotopic (exact) mass is 169 g/mol. The zero-order valence-corrected chi connectivity index (χ0v) is 7.57. The summed E-state index contributed by atoms with van der Waals surface area (Å²) in [5.41, 5.74) is 0. The van der Waals surface area contributed by atoms with Gasteiger partial charge in [0.2, 0.25) is 0 Å². The SMILES string of the molecule is Br.CC.CN(C)C. The molecule has 0 atom stereocenters. The Kier molecular flexibility index (Phi) is 36.0. The van der Waals surface area contributed by atoms with E-state index in [2.05, 4.69) is 0 Å². The van der Waals surface area contributed by atoms with Crippen molar-refractivity contribution < 1.29 is 0 Å². The predicted octanol–water partition coefficient (Wildman–Crippen LogP) is 1.78. The van der Waals surface area contributed by atoms with Crippen molar-refractivity contribution in [3.63, 3.8) is 0 Å². The summed E-state index contributed by atoms with van der Waals surface area (Å²) in [6, 6.07) is 0. The zero-order chi connectivity index (χ0) is 5.58. The van der Waals surface area contributed by atoms with Gasteiger partial charge in [-0.1, -0.05) is 13.8 Å². The normalized spacial score (nSPS) is 6.00. The number of nitrogens with zero attached hydrogens (tertiary/aromatic N) is 1. The smallest absolute Gasteiger partial charge is 0.0140 e. The Morgan fingerprint density at radius 1 is 0.857 bits per heavy atom. The van der Waals surface area contributed by atoms with Crippen molar-refractivity contribution in [1.29, 1.82) is 0 Å². The molecular weight excluding hydrogens is 154 g/mol. The molecule has 0 bridgehead atoms. The van der Waals surface area contributed by atoms with Crippen molar-refractivity contribution in [2.45, 2.75) is 13.8 Å². The largest absolute Gasteiger partial charge is 0.312 e. The first-order chi connectivity index (χ1) is 2.73. The molecule has 0 radical (unpaired) electrons. The lowest BCUT2D eigenvalue weighted by Gasteiger charge is -1.90. The fourth-order valence-electron chi connectivity index (χ4n) is 0. The Labute approximate surface area is 57.5 Å². The average molecular weight is 170 g/mol. The minimum atomic E-state index is 0. The van der Waals surface area contributed by atoms with Crippen molar-refractivity contribution in [3.05, 3.63) is 0 Å². The molecule has 0 spiro atoms. The first kappa shape index (κ1) is 15.7. The summed E-state index contributed by atoms with van der Waals surface area (Å²) >= 11 is 0. The van der Waals surface area contributed by atoms with Crippen LogP contribution in [-0.4, -0.2) is 26.0 Å². The lowest BCUT2D eigenvalue weighted by Crippen LogP contribution is -1.99. The lowest BCUT2D eigenvalue weighted by molar-refractivity contribution is 0.505. The topological polar surface area (TPSA) is 3.24 Å². The van der Waals surface area contributed by atoms with Gasteiger partial charge in [-0.15, -0.1) is 17.0 Å². The maximum atomic E-state index is 2.00. The van der Waals surface area contributed by atoms with Crippen LogP contribution < -0.4 is 0 Å². The number of rotatable bonds is 0. The number of hydrogen-bond donors (Lipinski definition) is 0. The molecule has 0 saturated heterocycles. The van der Waals surface area contributed by atoms with Crippen molar-refractivity contribution in [2.75, 3.05) is 21.1 Å². The summed E-state index contributed by atoms with van der Waals surface area (Å²) < 4.78 is 0. The first-order valence-corrected chi connectivity index (χ1v) is 2.34. The molecular formula is C5H16BrN. The third kappa shape index (κ3) is 656. The molecule has 2 heteroatoms. The highest BCUT2D eigenvalue weighted by molar-refractivity contribution is 8.93. The van der Waals surface area contributed by atoms with Crippen LogP contribution in [-0.2, 0) is 0 Å². The van der Waals surface area contributed by atoms with Gasteiger partial charge in [-0.3, -0.25) is 0 Å². The van der Waals surface area contributed by atoms with Gasteiger partial charge >= 0.3 is 0 Å². The Hall–Kier alpha value is 0.440. The Morgan fingerprint density at radius 2 is 0.857 bits per heavy atom. The van der Waals surface area contributed by atoms with Gasteiger partial charge in [-0.25, -0.2) is 0 Å². The van der Waals surface area contributed by atoms with Crippen LogP contribution >= 0.6 is 17.0 Å². The molecule has 1 nitrogen and oxygen atoms in total. The molecule has 0 saturated carbocycles. The molecule has 0 unspecified atom stereocenters. The Morgan fingerprint density at radius 3 is 0.857 bits per heavy atom. The van der Waals surface area contributed by atoms with Gasteiger partial charge in [-0.05, 0) is 21.1 Å². The molecule has 0 aromatic heterocycles. The summed E-state index contributed by atoms with van der Waals surface area (Å²) in [4.78, 5) is 2.00. The highest BCUT2D eigenvalue weighted by Crippen LogP contribution is 1.47. The van der Waals surface area contributed by atoms with Gasteiger partial charge in [0.05, 0.1) is 0 Å². The second-order valence-corrected chi connectivity index (χ2v) is 1.34. The van der Waals surface area contributed by atoms with Crippen molar-refractivity contribution >= 4 is 17.0 Å². The number of halogens is 1. The summed E-state index contributed by atoms with van der Waals surface area (Å²) in [5.74, 6) is 0. The molecule has 0 amide bonds. The highest BCUT2D eigenvalue weighted by atomic mass is 79.9. The van der Waals surface area contributed by atoms with E-state index >= 15 is 0 Å². The van der Waals surface area contributed by atoms with Crippen LogP contribution in [0.5, 0.6) is 0 Å². The minimum absolute atomic E-state index is 0. The molecule has 0 aliphatic heterocycles. The highest BCUT2D eigenvalue weighted by Gasteiger charge is 1.58. The molecule has 0 N–H and O–H groups in total. The van der Waals surface area contributed by atoms with Gasteiger partial charge in [-0.2, -0.15) is 0 Å². The van der Waals surface area contributed by atoms with E-state index in [4.69, 9.17) is 0 Å². The zero-order valence-electron chi connectivity index (χ0n) is 5.86. The maximum Gasteiger partial charge on any atom is -0.0140 e. The van der Waals surface area contributed by atoms with Crippen LogP contribution in [0.4, 0.5) is 0 Å². The summed E-state index contributed by atoms with van der Waals surface area (Å²) in [6.07, 6.45) is 0. The van der Waals surface area contributed by atoms with Crippen LogP contribution in [0.3, 0.4) is 0 Å². The van der Waals surface area contributed by atoms with Gasteiger partial charge in [0.25, 0.3) is 0 Å². The second-order valence-electron chi connectivity index (χ2n) is 1.34. The molecule has 0 aliphatic rings. The van der Waals surface area contributed by atoms with Gasteiger partial charge in [0.15, 0.2) is 0 Å². The van der Waals surface area contributed by atoms with E-state index in [-0.39, 0.29) is 17.0 Å². The molecule has 0 heterocycles. The van der Waals surface area contributed by atoms with Crippen LogP contribution in [0.15, 0.2) is 0 Å². The third-order valence-corrected chi connectivity index (χ3v) is 0. The standard InChI is InChI=1S/C3H9N.C2H6.BrH/c1-4(2)3;1-2;/h1-3H3;1-2H3;1H. The number of hydrogen-bond acceptors (Lipinski definition) is 1. The van der Waals surface area contributed by atoms with E-state index in [0.717, 1.165) is 0 Å². The Balaban J connectivity index is -0.0000000480. The van der Waals surface area contributed by atoms with Gasteiger partial charge < -0.3 is 4.90 Å². The molecule has 0 aromatic carbocycles. The minimum Gasteiger partial charge on any atom is -0.312 e. The summed E-state index contributed by atoms with van der Waals surface area (Å²) in [7, 11) is 6.00. The van der Waals surface area contributed by atoms with Crippen LogP contribution in [0, 0.1) is 0 Å². The van der Waals surface area contributed by atoms with Gasteiger partial charge in [0, 0.05) is 0 Å².